The van der Waals surface area contributed by atoms with Gasteiger partial charge in [-0.25, -0.2) is 13.1 Å². The van der Waals surface area contributed by atoms with Crippen molar-refractivity contribution in [1.29, 1.82) is 0 Å². The molecule has 232 valence electrons. The van der Waals surface area contributed by atoms with Gasteiger partial charge in [0.2, 0.25) is 10.0 Å². The Morgan fingerprint density at radius 1 is 1.09 bits per heavy atom. The molecular weight excluding hydrogens is 588 g/mol. The number of carboxylic acid groups (broad SMARTS) is 1. The Morgan fingerprint density at radius 2 is 1.91 bits per heavy atom. The molecule has 0 aromatic heterocycles. The molecule has 2 bridgehead atoms. The lowest BCUT2D eigenvalue weighted by Gasteiger charge is -2.46. The van der Waals surface area contributed by atoms with Gasteiger partial charge in [-0.2, -0.15) is 0 Å². The van der Waals surface area contributed by atoms with Crippen LogP contribution in [0.25, 0.3) is 0 Å². The zero-order valence-corrected chi connectivity index (χ0v) is 26.4. The minimum atomic E-state index is -3.95. The van der Waals surface area contributed by atoms with Crippen LogP contribution in [0.4, 0.5) is 5.69 Å². The largest absolute Gasteiger partial charge is 0.490 e. The minimum Gasteiger partial charge on any atom is -0.490 e. The van der Waals surface area contributed by atoms with Crippen molar-refractivity contribution in [3.63, 3.8) is 0 Å². The first-order valence-electron chi connectivity index (χ1n) is 15.6. The number of nitrogens with one attached hydrogen (secondary N) is 1. The van der Waals surface area contributed by atoms with Gasteiger partial charge in [0.1, 0.15) is 5.75 Å². The van der Waals surface area contributed by atoms with Crippen LogP contribution in [0.3, 0.4) is 0 Å². The van der Waals surface area contributed by atoms with Gasteiger partial charge < -0.3 is 14.7 Å². The maximum atomic E-state index is 13.4. The summed E-state index contributed by atoms with van der Waals surface area (Å²) in [6, 6.07) is 11.2. The molecular formula is C33H41ClN2O6S. The van der Waals surface area contributed by atoms with Gasteiger partial charge in [-0.15, -0.1) is 0 Å². The van der Waals surface area contributed by atoms with Crippen LogP contribution >= 0.6 is 11.6 Å². The number of carbonyl (C=O) groups is 2. The van der Waals surface area contributed by atoms with Gasteiger partial charge in [-0.3, -0.25) is 9.59 Å². The molecule has 4 aliphatic rings. The van der Waals surface area contributed by atoms with Crippen molar-refractivity contribution in [2.24, 2.45) is 23.7 Å². The molecule has 2 aliphatic heterocycles. The van der Waals surface area contributed by atoms with Crippen LogP contribution in [0.5, 0.6) is 5.75 Å². The monoisotopic (exact) mass is 628 g/mol. The van der Waals surface area contributed by atoms with E-state index >= 15 is 0 Å². The second-order valence-electron chi connectivity index (χ2n) is 13.3. The zero-order valence-electron chi connectivity index (χ0n) is 24.9. The van der Waals surface area contributed by atoms with Crippen molar-refractivity contribution in [3.8, 4) is 5.75 Å². The van der Waals surface area contributed by atoms with Crippen molar-refractivity contribution in [1.82, 2.24) is 4.72 Å². The highest BCUT2D eigenvalue weighted by molar-refractivity contribution is 7.90. The summed E-state index contributed by atoms with van der Waals surface area (Å²) in [5.74, 6) is -1.23. The molecule has 1 fully saturated rings. The number of sulfonamides is 1. The molecule has 0 saturated heterocycles. The van der Waals surface area contributed by atoms with E-state index in [4.69, 9.17) is 16.3 Å². The Hall–Kier alpha value is -2.78. The molecule has 1 saturated carbocycles. The van der Waals surface area contributed by atoms with Gasteiger partial charge in [0.05, 0.1) is 23.5 Å². The summed E-state index contributed by atoms with van der Waals surface area (Å²) in [7, 11) is -3.95. The molecule has 5 unspecified atom stereocenters. The SMILES string of the molecule is CC1CCC[C@H](C(=O)O)C2CCC2CN2CC3(CCCc4cc(Cl)ccc43)COc3ccc(cc32)C(=O)NS(=O)(=O)C1C. The smallest absolute Gasteiger partial charge is 0.306 e. The summed E-state index contributed by atoms with van der Waals surface area (Å²) in [5, 5.41) is 10.2. The summed E-state index contributed by atoms with van der Waals surface area (Å²) < 4.78 is 35.3. The topological polar surface area (TPSA) is 113 Å². The Bertz CT molecular complexity index is 1530. The van der Waals surface area contributed by atoms with Gasteiger partial charge in [0.25, 0.3) is 5.91 Å². The number of hydrogen-bond acceptors (Lipinski definition) is 6. The second kappa shape index (κ2) is 11.6. The number of nitrogens with zero attached hydrogens (tertiary/aromatic N) is 1. The number of ether oxygens (including phenoxy) is 1. The Kier molecular flexibility index (Phi) is 8.18. The summed E-state index contributed by atoms with van der Waals surface area (Å²) in [6.45, 7) is 5.22. The number of benzene rings is 2. The van der Waals surface area contributed by atoms with E-state index in [1.54, 1.807) is 25.1 Å². The Labute approximate surface area is 259 Å². The number of carbonyl (C=O) groups excluding carboxylic acids is 1. The van der Waals surface area contributed by atoms with E-state index in [0.29, 0.717) is 49.7 Å². The van der Waals surface area contributed by atoms with E-state index in [9.17, 15) is 23.1 Å². The number of aliphatic carboxylic acids is 1. The van der Waals surface area contributed by atoms with E-state index in [-0.39, 0.29) is 28.7 Å². The number of carboxylic acids is 1. The molecule has 6 rings (SSSR count). The Balaban J connectivity index is 1.43. The highest BCUT2D eigenvalue weighted by Crippen LogP contribution is 2.48. The van der Waals surface area contributed by atoms with Gasteiger partial charge in [-0.05, 0) is 111 Å². The fourth-order valence-electron chi connectivity index (χ4n) is 7.89. The molecule has 2 aromatic carbocycles. The number of halogens is 1. The van der Waals surface area contributed by atoms with Crippen molar-refractivity contribution < 1.29 is 27.9 Å². The zero-order chi connectivity index (χ0) is 30.5. The fourth-order valence-corrected chi connectivity index (χ4v) is 9.40. The third-order valence-electron chi connectivity index (χ3n) is 10.8. The number of amides is 1. The molecule has 2 N–H and O–H groups in total. The van der Waals surface area contributed by atoms with Crippen LogP contribution in [0.15, 0.2) is 36.4 Å². The van der Waals surface area contributed by atoms with E-state index < -0.39 is 33.1 Å². The predicted octanol–water partition coefficient (Wildman–Crippen LogP) is 5.81. The summed E-state index contributed by atoms with van der Waals surface area (Å²) >= 11 is 6.38. The van der Waals surface area contributed by atoms with E-state index in [1.165, 1.54) is 11.1 Å². The van der Waals surface area contributed by atoms with Crippen LogP contribution < -0.4 is 14.4 Å². The number of fused-ring (bicyclic) bond motifs is 4. The number of rotatable bonds is 1. The number of hydrogen-bond donors (Lipinski definition) is 2. The van der Waals surface area contributed by atoms with Crippen LogP contribution in [0, 0.1) is 23.7 Å². The lowest BCUT2D eigenvalue weighted by atomic mass is 9.65. The maximum Gasteiger partial charge on any atom is 0.306 e. The van der Waals surface area contributed by atoms with Crippen molar-refractivity contribution in [2.75, 3.05) is 24.6 Å². The van der Waals surface area contributed by atoms with Gasteiger partial charge in [-0.1, -0.05) is 31.0 Å². The highest BCUT2D eigenvalue weighted by Gasteiger charge is 2.45. The van der Waals surface area contributed by atoms with E-state index in [0.717, 1.165) is 37.8 Å². The van der Waals surface area contributed by atoms with E-state index in [1.807, 2.05) is 19.1 Å². The molecule has 2 aliphatic carbocycles. The second-order valence-corrected chi connectivity index (χ2v) is 15.8. The quantitative estimate of drug-likeness (QED) is 0.410. The molecule has 43 heavy (non-hydrogen) atoms. The third-order valence-corrected chi connectivity index (χ3v) is 12.9. The summed E-state index contributed by atoms with van der Waals surface area (Å²) in [6.07, 6.45) is 6.41. The molecule has 2 aromatic rings. The first kappa shape index (κ1) is 30.3. The predicted molar refractivity (Wildman–Crippen MR) is 166 cm³/mol. The first-order chi connectivity index (χ1) is 20.5. The molecule has 0 radical (unpaired) electrons. The molecule has 10 heteroatoms. The number of anilines is 1. The average molecular weight is 629 g/mol. The first-order valence-corrected chi connectivity index (χ1v) is 17.5. The van der Waals surface area contributed by atoms with Gasteiger partial charge in [0.15, 0.2) is 0 Å². The van der Waals surface area contributed by atoms with E-state index in [2.05, 4.69) is 15.7 Å². The minimum absolute atomic E-state index is 0.0503. The molecule has 6 atom stereocenters. The summed E-state index contributed by atoms with van der Waals surface area (Å²) in [4.78, 5) is 28.1. The normalized spacial score (nSPS) is 32.3. The van der Waals surface area contributed by atoms with Crippen LogP contribution in [-0.4, -0.2) is 50.3 Å². The standard InChI is InChI=1S/C33H41ClN2O6S/c1-20-5-3-7-27(32(38)39)26-11-8-24(26)17-36-18-33(14-4-6-22-15-25(34)10-12-28(22)33)19-42-30-13-9-23(16-29(30)36)31(37)35-43(40,41)21(20)2/h9-10,12-13,15-16,20-21,24,26-27H,3-8,11,14,17-19H2,1-2H3,(H,35,37)(H,38,39)/t20?,21?,24?,26?,27-,33?/m0/s1. The average Bonchev–Trinajstić information content (AvgIpc) is 3.10. The molecule has 1 amide bonds. The van der Waals surface area contributed by atoms with Crippen molar-refractivity contribution in [3.05, 3.63) is 58.1 Å². The Morgan fingerprint density at radius 3 is 2.65 bits per heavy atom. The maximum absolute atomic E-state index is 13.4. The highest BCUT2D eigenvalue weighted by atomic mass is 35.5. The fraction of sp³-hybridized carbons (Fsp3) is 0.576. The van der Waals surface area contributed by atoms with Crippen molar-refractivity contribution in [2.45, 2.75) is 75.9 Å². The molecule has 2 heterocycles. The molecule has 1 spiro atoms. The number of aryl methyl sites for hydroxylation is 1. The van der Waals surface area contributed by atoms with Gasteiger partial charge in [0, 0.05) is 29.1 Å². The summed E-state index contributed by atoms with van der Waals surface area (Å²) in [5.41, 5.74) is 3.14. The van der Waals surface area contributed by atoms with Crippen LogP contribution in [-0.2, 0) is 26.7 Å². The lowest BCUT2D eigenvalue weighted by Crippen LogP contribution is -2.49. The van der Waals surface area contributed by atoms with Crippen molar-refractivity contribution >= 4 is 39.2 Å². The third kappa shape index (κ3) is 5.75. The molecule has 8 nitrogen and oxygen atoms in total. The van der Waals surface area contributed by atoms with Crippen LogP contribution in [0.2, 0.25) is 5.02 Å². The lowest BCUT2D eigenvalue weighted by molar-refractivity contribution is -0.146. The van der Waals surface area contributed by atoms with Gasteiger partial charge >= 0.3 is 5.97 Å². The van der Waals surface area contributed by atoms with Crippen LogP contribution in [0.1, 0.15) is 80.3 Å².